The second-order valence-corrected chi connectivity index (χ2v) is 6.72. The van der Waals surface area contributed by atoms with Gasteiger partial charge in [0.05, 0.1) is 18.7 Å². The number of aromatic nitrogens is 1. The van der Waals surface area contributed by atoms with Gasteiger partial charge in [0.25, 0.3) is 5.91 Å². The van der Waals surface area contributed by atoms with E-state index in [1.165, 1.54) is 7.11 Å². The number of para-hydroxylation sites is 1. The van der Waals surface area contributed by atoms with Crippen molar-refractivity contribution in [2.45, 2.75) is 25.8 Å². The molecule has 1 heterocycles. The molecule has 1 fully saturated rings. The Hall–Kier alpha value is -2.08. The van der Waals surface area contributed by atoms with E-state index in [1.807, 2.05) is 13.1 Å². The van der Waals surface area contributed by atoms with Crippen molar-refractivity contribution >= 4 is 17.2 Å². The summed E-state index contributed by atoms with van der Waals surface area (Å²) in [5.41, 5.74) is 0.221. The molecule has 1 aromatic carbocycles. The lowest BCUT2D eigenvalue weighted by Crippen LogP contribution is -2.29. The standard InChI is InChI=1S/C16H18N2O3S/c1-9-8-17-16(22-9)13(10-6-7-10)18-15(20)11-4-3-5-12(21-2)14(11)19/h3-5,8,10,13,19H,6-7H2,1-2H3,(H,18,20)/t13-/m0/s1. The van der Waals surface area contributed by atoms with Gasteiger partial charge in [-0.3, -0.25) is 4.79 Å². The van der Waals surface area contributed by atoms with Crippen LogP contribution in [0.25, 0.3) is 0 Å². The van der Waals surface area contributed by atoms with Crippen LogP contribution in [0.1, 0.15) is 39.1 Å². The van der Waals surface area contributed by atoms with E-state index in [1.54, 1.807) is 29.5 Å². The van der Waals surface area contributed by atoms with Crippen LogP contribution >= 0.6 is 11.3 Å². The largest absolute Gasteiger partial charge is 0.504 e. The lowest BCUT2D eigenvalue weighted by Gasteiger charge is -2.17. The smallest absolute Gasteiger partial charge is 0.255 e. The molecule has 1 aromatic heterocycles. The highest BCUT2D eigenvalue weighted by atomic mass is 32.1. The number of aryl methyl sites for hydroxylation is 1. The number of hydrogen-bond acceptors (Lipinski definition) is 5. The van der Waals surface area contributed by atoms with Crippen LogP contribution in [-0.4, -0.2) is 23.1 Å². The zero-order valence-electron chi connectivity index (χ0n) is 12.5. The molecule has 0 saturated heterocycles. The van der Waals surface area contributed by atoms with Crippen LogP contribution in [0, 0.1) is 12.8 Å². The second kappa shape index (κ2) is 5.96. The fraction of sp³-hybridized carbons (Fsp3) is 0.375. The first-order valence-electron chi connectivity index (χ1n) is 7.19. The fourth-order valence-electron chi connectivity index (χ4n) is 2.42. The molecule has 3 rings (SSSR count). The molecule has 2 N–H and O–H groups in total. The summed E-state index contributed by atoms with van der Waals surface area (Å²) in [7, 11) is 1.46. The average molecular weight is 318 g/mol. The lowest BCUT2D eigenvalue weighted by molar-refractivity contribution is 0.0928. The van der Waals surface area contributed by atoms with E-state index in [-0.39, 0.29) is 23.3 Å². The van der Waals surface area contributed by atoms with E-state index in [0.29, 0.717) is 11.7 Å². The zero-order valence-corrected chi connectivity index (χ0v) is 13.3. The number of carbonyl (C=O) groups excluding carboxylic acids is 1. The maximum Gasteiger partial charge on any atom is 0.255 e. The highest BCUT2D eigenvalue weighted by Gasteiger charge is 2.35. The number of carbonyl (C=O) groups is 1. The Morgan fingerprint density at radius 1 is 1.50 bits per heavy atom. The molecular formula is C16H18N2O3S. The summed E-state index contributed by atoms with van der Waals surface area (Å²) < 4.78 is 5.05. The number of phenols is 1. The number of methoxy groups -OCH3 is 1. The first-order chi connectivity index (χ1) is 10.6. The minimum Gasteiger partial charge on any atom is -0.504 e. The number of rotatable bonds is 5. The van der Waals surface area contributed by atoms with Gasteiger partial charge in [-0.1, -0.05) is 6.07 Å². The molecule has 1 aliphatic carbocycles. The van der Waals surface area contributed by atoms with Crippen molar-refractivity contribution in [3.8, 4) is 11.5 Å². The van der Waals surface area contributed by atoms with Gasteiger partial charge in [-0.05, 0) is 37.8 Å². The van der Waals surface area contributed by atoms with Crippen molar-refractivity contribution in [2.75, 3.05) is 7.11 Å². The van der Waals surface area contributed by atoms with Gasteiger partial charge in [-0.15, -0.1) is 11.3 Å². The molecule has 1 atom stereocenters. The number of aromatic hydroxyl groups is 1. The van der Waals surface area contributed by atoms with Gasteiger partial charge in [0.1, 0.15) is 5.01 Å². The number of nitrogens with zero attached hydrogens (tertiary/aromatic N) is 1. The third-order valence-corrected chi connectivity index (χ3v) is 4.74. The first-order valence-corrected chi connectivity index (χ1v) is 8.01. The monoisotopic (exact) mass is 318 g/mol. The summed E-state index contributed by atoms with van der Waals surface area (Å²) in [5.74, 6) is 0.288. The average Bonchev–Trinajstić information content (AvgIpc) is 3.26. The van der Waals surface area contributed by atoms with E-state index >= 15 is 0 Å². The van der Waals surface area contributed by atoms with Crippen LogP contribution in [0.15, 0.2) is 24.4 Å². The summed E-state index contributed by atoms with van der Waals surface area (Å²) in [6.07, 6.45) is 4.01. The first kappa shape index (κ1) is 14.8. The van der Waals surface area contributed by atoms with Crippen molar-refractivity contribution in [2.24, 2.45) is 5.92 Å². The number of amides is 1. The number of ether oxygens (including phenoxy) is 1. The van der Waals surface area contributed by atoms with Gasteiger partial charge >= 0.3 is 0 Å². The van der Waals surface area contributed by atoms with Crippen LogP contribution < -0.4 is 10.1 Å². The summed E-state index contributed by atoms with van der Waals surface area (Å²) in [5, 5.41) is 14.0. The highest BCUT2D eigenvalue weighted by molar-refractivity contribution is 7.11. The van der Waals surface area contributed by atoms with Gasteiger partial charge in [0.15, 0.2) is 11.5 Å². The van der Waals surface area contributed by atoms with Crippen molar-refractivity contribution in [1.29, 1.82) is 0 Å². The van der Waals surface area contributed by atoms with Gasteiger partial charge in [0, 0.05) is 11.1 Å². The summed E-state index contributed by atoms with van der Waals surface area (Å²) >= 11 is 1.60. The Kier molecular flexibility index (Phi) is 4.02. The van der Waals surface area contributed by atoms with Crippen molar-refractivity contribution in [3.63, 3.8) is 0 Å². The number of hydrogen-bond donors (Lipinski definition) is 2. The van der Waals surface area contributed by atoms with Gasteiger partial charge in [0.2, 0.25) is 0 Å². The number of thiazole rings is 1. The van der Waals surface area contributed by atoms with E-state index in [9.17, 15) is 9.90 Å². The van der Waals surface area contributed by atoms with Crippen LogP contribution in [-0.2, 0) is 0 Å². The molecule has 0 radical (unpaired) electrons. The molecule has 1 aliphatic rings. The topological polar surface area (TPSA) is 71.5 Å². The third-order valence-electron chi connectivity index (χ3n) is 3.75. The summed E-state index contributed by atoms with van der Waals surface area (Å²) in [6.45, 7) is 2.00. The number of phenolic OH excluding ortho intramolecular Hbond substituents is 1. The van der Waals surface area contributed by atoms with E-state index in [4.69, 9.17) is 4.74 Å². The molecule has 0 unspecified atom stereocenters. The molecular weight excluding hydrogens is 300 g/mol. The van der Waals surface area contributed by atoms with Gasteiger partial charge < -0.3 is 15.2 Å². The quantitative estimate of drug-likeness (QED) is 0.889. The minimum atomic E-state index is -0.304. The zero-order chi connectivity index (χ0) is 15.7. The Balaban J connectivity index is 1.83. The van der Waals surface area contributed by atoms with Gasteiger partial charge in [-0.25, -0.2) is 4.98 Å². The molecule has 2 aromatic rings. The molecule has 6 heteroatoms. The lowest BCUT2D eigenvalue weighted by atomic mass is 10.1. The van der Waals surface area contributed by atoms with Crippen LogP contribution in [0.5, 0.6) is 11.5 Å². The number of benzene rings is 1. The predicted octanol–water partition coefficient (Wildman–Crippen LogP) is 3.05. The molecule has 1 amide bonds. The van der Waals surface area contributed by atoms with E-state index < -0.39 is 0 Å². The van der Waals surface area contributed by atoms with E-state index in [2.05, 4.69) is 10.3 Å². The Labute approximate surface area is 133 Å². The second-order valence-electron chi connectivity index (χ2n) is 5.45. The Morgan fingerprint density at radius 3 is 2.86 bits per heavy atom. The Morgan fingerprint density at radius 2 is 2.27 bits per heavy atom. The maximum absolute atomic E-state index is 12.5. The van der Waals surface area contributed by atoms with Crippen LogP contribution in [0.4, 0.5) is 0 Å². The van der Waals surface area contributed by atoms with E-state index in [0.717, 1.165) is 22.7 Å². The highest BCUT2D eigenvalue weighted by Crippen LogP contribution is 2.42. The molecule has 1 saturated carbocycles. The third kappa shape index (κ3) is 2.92. The van der Waals surface area contributed by atoms with Crippen molar-refractivity contribution < 1.29 is 14.6 Å². The minimum absolute atomic E-state index is 0.0863. The van der Waals surface area contributed by atoms with Crippen molar-refractivity contribution in [1.82, 2.24) is 10.3 Å². The predicted molar refractivity (Wildman–Crippen MR) is 84.4 cm³/mol. The summed E-state index contributed by atoms with van der Waals surface area (Å²) in [6, 6.07) is 4.81. The molecule has 0 aliphatic heterocycles. The van der Waals surface area contributed by atoms with Crippen LogP contribution in [0.2, 0.25) is 0 Å². The molecule has 0 bridgehead atoms. The molecule has 22 heavy (non-hydrogen) atoms. The molecule has 116 valence electrons. The normalized spacial score (nSPS) is 15.4. The summed E-state index contributed by atoms with van der Waals surface area (Å²) in [4.78, 5) is 18.0. The number of nitrogens with one attached hydrogen (secondary N) is 1. The molecule has 0 spiro atoms. The molecule has 5 nitrogen and oxygen atoms in total. The van der Waals surface area contributed by atoms with Crippen molar-refractivity contribution in [3.05, 3.63) is 39.8 Å². The van der Waals surface area contributed by atoms with Gasteiger partial charge in [-0.2, -0.15) is 0 Å². The SMILES string of the molecule is COc1cccc(C(=O)N[C@H](c2ncc(C)s2)C2CC2)c1O. The fourth-order valence-corrected chi connectivity index (χ4v) is 3.34. The van der Waals surface area contributed by atoms with Crippen LogP contribution in [0.3, 0.4) is 0 Å². The Bertz CT molecular complexity index is 694. The maximum atomic E-state index is 12.5.